The summed E-state index contributed by atoms with van der Waals surface area (Å²) in [6.45, 7) is 2.12. The molecule has 0 aliphatic rings. The number of carbonyl (C=O) groups excluding carboxylic acids is 1. The second-order valence-electron chi connectivity index (χ2n) is 7.31. The quantitative estimate of drug-likeness (QED) is 0.381. The Morgan fingerprint density at radius 2 is 1.65 bits per heavy atom. The number of hydrogen-bond acceptors (Lipinski definition) is 3. The topological polar surface area (TPSA) is 59.8 Å². The standard InChI is InChI=1S/C25H19ClN4O/c1-2-16-9-12-18(13-10-16)30-28-23-14-11-17(15-24(23)29-30)27-25(31)21-7-3-6-20-19(21)5-4-8-22(20)26/h3-15H,2H2,1H3,(H,27,31). The third-order valence-corrected chi connectivity index (χ3v) is 5.66. The van der Waals surface area contributed by atoms with Gasteiger partial charge < -0.3 is 5.32 Å². The van der Waals surface area contributed by atoms with Crippen LogP contribution in [0.2, 0.25) is 5.02 Å². The molecule has 31 heavy (non-hydrogen) atoms. The maximum absolute atomic E-state index is 13.0. The molecule has 5 aromatic rings. The highest BCUT2D eigenvalue weighted by atomic mass is 35.5. The predicted molar refractivity (Wildman–Crippen MR) is 125 cm³/mol. The molecule has 0 aliphatic heterocycles. The van der Waals surface area contributed by atoms with E-state index in [4.69, 9.17) is 11.6 Å². The fourth-order valence-electron chi connectivity index (χ4n) is 3.64. The van der Waals surface area contributed by atoms with Crippen molar-refractivity contribution in [1.82, 2.24) is 15.0 Å². The van der Waals surface area contributed by atoms with Crippen LogP contribution in [0.4, 0.5) is 5.69 Å². The van der Waals surface area contributed by atoms with Crippen LogP contribution in [-0.4, -0.2) is 20.9 Å². The summed E-state index contributed by atoms with van der Waals surface area (Å²) in [6, 6.07) is 24.8. The molecule has 1 aromatic heterocycles. The molecule has 0 saturated heterocycles. The number of aryl methyl sites for hydroxylation is 1. The van der Waals surface area contributed by atoms with Gasteiger partial charge in [0, 0.05) is 21.7 Å². The molecule has 4 aromatic carbocycles. The van der Waals surface area contributed by atoms with Crippen LogP contribution in [0.25, 0.3) is 27.5 Å². The number of amides is 1. The first-order valence-electron chi connectivity index (χ1n) is 10.1. The van der Waals surface area contributed by atoms with Gasteiger partial charge in [0.1, 0.15) is 11.0 Å². The van der Waals surface area contributed by atoms with Gasteiger partial charge in [0.25, 0.3) is 5.91 Å². The molecule has 1 heterocycles. The second kappa shape index (κ2) is 7.85. The Morgan fingerprint density at radius 1 is 0.903 bits per heavy atom. The van der Waals surface area contributed by atoms with Crippen molar-refractivity contribution < 1.29 is 4.79 Å². The summed E-state index contributed by atoms with van der Waals surface area (Å²) in [5.74, 6) is -0.199. The number of benzene rings is 4. The molecular formula is C25H19ClN4O. The van der Waals surface area contributed by atoms with Crippen molar-refractivity contribution in [2.45, 2.75) is 13.3 Å². The number of halogens is 1. The van der Waals surface area contributed by atoms with Crippen LogP contribution in [-0.2, 0) is 6.42 Å². The zero-order valence-corrected chi connectivity index (χ0v) is 17.6. The van der Waals surface area contributed by atoms with E-state index >= 15 is 0 Å². The number of anilines is 1. The van der Waals surface area contributed by atoms with Crippen LogP contribution in [0, 0.1) is 0 Å². The Kier molecular flexibility index (Phi) is 4.88. The lowest BCUT2D eigenvalue weighted by atomic mass is 10.0. The van der Waals surface area contributed by atoms with Gasteiger partial charge in [0.2, 0.25) is 0 Å². The maximum Gasteiger partial charge on any atom is 0.256 e. The molecular weight excluding hydrogens is 408 g/mol. The summed E-state index contributed by atoms with van der Waals surface area (Å²) in [5, 5.41) is 14.4. The lowest BCUT2D eigenvalue weighted by Crippen LogP contribution is -2.12. The molecule has 0 spiro atoms. The zero-order chi connectivity index (χ0) is 21.4. The van der Waals surface area contributed by atoms with Crippen LogP contribution in [0.1, 0.15) is 22.8 Å². The van der Waals surface area contributed by atoms with Crippen molar-refractivity contribution >= 4 is 45.0 Å². The molecule has 0 fully saturated rings. The van der Waals surface area contributed by atoms with E-state index in [1.165, 1.54) is 5.56 Å². The second-order valence-corrected chi connectivity index (χ2v) is 7.71. The monoisotopic (exact) mass is 426 g/mol. The van der Waals surface area contributed by atoms with E-state index in [0.29, 0.717) is 21.8 Å². The first-order valence-corrected chi connectivity index (χ1v) is 10.4. The van der Waals surface area contributed by atoms with E-state index < -0.39 is 0 Å². The summed E-state index contributed by atoms with van der Waals surface area (Å²) < 4.78 is 0. The molecule has 5 rings (SSSR count). The molecule has 0 unspecified atom stereocenters. The minimum atomic E-state index is -0.199. The van der Waals surface area contributed by atoms with E-state index in [1.807, 2.05) is 60.7 Å². The van der Waals surface area contributed by atoms with Gasteiger partial charge in [-0.3, -0.25) is 4.79 Å². The molecule has 152 valence electrons. The average Bonchev–Trinajstić information content (AvgIpc) is 3.22. The molecule has 5 nitrogen and oxygen atoms in total. The Hall–Kier alpha value is -3.70. The molecule has 0 atom stereocenters. The number of carbonyl (C=O) groups is 1. The van der Waals surface area contributed by atoms with Crippen LogP contribution >= 0.6 is 11.6 Å². The van der Waals surface area contributed by atoms with E-state index in [0.717, 1.165) is 28.4 Å². The van der Waals surface area contributed by atoms with E-state index in [1.54, 1.807) is 10.9 Å². The van der Waals surface area contributed by atoms with Crippen LogP contribution in [0.15, 0.2) is 78.9 Å². The first kappa shape index (κ1) is 19.3. The van der Waals surface area contributed by atoms with Gasteiger partial charge in [-0.25, -0.2) is 0 Å². The number of rotatable bonds is 4. The lowest BCUT2D eigenvalue weighted by molar-refractivity contribution is 0.102. The third kappa shape index (κ3) is 3.64. The molecule has 0 saturated carbocycles. The van der Waals surface area contributed by atoms with Gasteiger partial charge in [-0.05, 0) is 59.8 Å². The number of fused-ring (bicyclic) bond motifs is 2. The number of aromatic nitrogens is 3. The highest BCUT2D eigenvalue weighted by molar-refractivity contribution is 6.36. The number of hydrogen-bond donors (Lipinski definition) is 1. The maximum atomic E-state index is 13.0. The first-order chi connectivity index (χ1) is 15.1. The van der Waals surface area contributed by atoms with Crippen molar-refractivity contribution in [3.63, 3.8) is 0 Å². The van der Waals surface area contributed by atoms with Crippen LogP contribution < -0.4 is 5.32 Å². The minimum absolute atomic E-state index is 0.199. The highest BCUT2D eigenvalue weighted by Crippen LogP contribution is 2.27. The van der Waals surface area contributed by atoms with Crippen molar-refractivity contribution in [3.05, 3.63) is 95.0 Å². The summed E-state index contributed by atoms with van der Waals surface area (Å²) in [5.41, 5.74) is 4.85. The summed E-state index contributed by atoms with van der Waals surface area (Å²) in [4.78, 5) is 14.6. The fraction of sp³-hybridized carbons (Fsp3) is 0.0800. The SMILES string of the molecule is CCc1ccc(-n2nc3ccc(NC(=O)c4cccc5c(Cl)cccc45)cc3n2)cc1. The van der Waals surface area contributed by atoms with Gasteiger partial charge in [-0.2, -0.15) is 4.80 Å². The van der Waals surface area contributed by atoms with E-state index in [9.17, 15) is 4.79 Å². The summed E-state index contributed by atoms with van der Waals surface area (Å²) >= 11 is 6.28. The molecule has 0 aliphatic carbocycles. The largest absolute Gasteiger partial charge is 0.322 e. The van der Waals surface area contributed by atoms with Gasteiger partial charge >= 0.3 is 0 Å². The lowest BCUT2D eigenvalue weighted by Gasteiger charge is -2.09. The Balaban J connectivity index is 1.44. The van der Waals surface area contributed by atoms with Gasteiger partial charge in [-0.1, -0.05) is 54.9 Å². The van der Waals surface area contributed by atoms with E-state index in [2.05, 4.69) is 34.6 Å². The molecule has 1 amide bonds. The van der Waals surface area contributed by atoms with Crippen molar-refractivity contribution in [2.24, 2.45) is 0 Å². The zero-order valence-electron chi connectivity index (χ0n) is 16.8. The normalized spacial score (nSPS) is 11.2. The van der Waals surface area contributed by atoms with Crippen molar-refractivity contribution in [1.29, 1.82) is 0 Å². The summed E-state index contributed by atoms with van der Waals surface area (Å²) in [6.07, 6.45) is 0.987. The minimum Gasteiger partial charge on any atom is -0.322 e. The van der Waals surface area contributed by atoms with Crippen molar-refractivity contribution in [3.8, 4) is 5.69 Å². The average molecular weight is 427 g/mol. The van der Waals surface area contributed by atoms with Crippen molar-refractivity contribution in [2.75, 3.05) is 5.32 Å². The fourth-order valence-corrected chi connectivity index (χ4v) is 3.88. The smallest absolute Gasteiger partial charge is 0.256 e. The Morgan fingerprint density at radius 3 is 2.45 bits per heavy atom. The number of nitrogens with zero attached hydrogens (tertiary/aromatic N) is 3. The third-order valence-electron chi connectivity index (χ3n) is 5.33. The van der Waals surface area contributed by atoms with Crippen LogP contribution in [0.3, 0.4) is 0 Å². The van der Waals surface area contributed by atoms with Crippen LogP contribution in [0.5, 0.6) is 0 Å². The predicted octanol–water partition coefficient (Wildman–Crippen LogP) is 6.04. The molecule has 6 heteroatoms. The molecule has 0 radical (unpaired) electrons. The molecule has 1 N–H and O–H groups in total. The van der Waals surface area contributed by atoms with Gasteiger partial charge in [0.15, 0.2) is 0 Å². The van der Waals surface area contributed by atoms with Gasteiger partial charge in [-0.15, -0.1) is 10.2 Å². The Bertz CT molecular complexity index is 1420. The van der Waals surface area contributed by atoms with Gasteiger partial charge in [0.05, 0.1) is 5.69 Å². The van der Waals surface area contributed by atoms with E-state index in [-0.39, 0.29) is 5.91 Å². The molecule has 0 bridgehead atoms. The number of nitrogens with one attached hydrogen (secondary N) is 1. The highest BCUT2D eigenvalue weighted by Gasteiger charge is 2.13. The Labute approximate surface area is 184 Å². The summed E-state index contributed by atoms with van der Waals surface area (Å²) in [7, 11) is 0.